The van der Waals surface area contributed by atoms with Crippen molar-refractivity contribution in [2.24, 2.45) is 5.92 Å². The van der Waals surface area contributed by atoms with Gasteiger partial charge in [-0.05, 0) is 19.8 Å². The second kappa shape index (κ2) is 2.61. The van der Waals surface area contributed by atoms with Gasteiger partial charge in [-0.2, -0.15) is 0 Å². The average Bonchev–Trinajstić information content (AvgIpc) is 3.08. The van der Waals surface area contributed by atoms with Crippen LogP contribution in [0.15, 0.2) is 12.7 Å². The van der Waals surface area contributed by atoms with Gasteiger partial charge in [0, 0.05) is 5.92 Å². The summed E-state index contributed by atoms with van der Waals surface area (Å²) < 4.78 is 11.5. The molecule has 1 saturated carbocycles. The van der Waals surface area contributed by atoms with Gasteiger partial charge in [-0.15, -0.1) is 6.58 Å². The molecule has 3 rings (SSSR count). The minimum Gasteiger partial charge on any atom is -0.369 e. The second-order valence-corrected chi connectivity index (χ2v) is 5.11. The van der Waals surface area contributed by atoms with E-state index >= 15 is 0 Å². The van der Waals surface area contributed by atoms with Gasteiger partial charge >= 0.3 is 0 Å². The summed E-state index contributed by atoms with van der Waals surface area (Å²) >= 11 is 0. The predicted molar refractivity (Wildman–Crippen MR) is 54.1 cm³/mol. The van der Waals surface area contributed by atoms with Crippen LogP contribution in [0.1, 0.15) is 32.6 Å². The van der Waals surface area contributed by atoms with E-state index in [9.17, 15) is 0 Å². The second-order valence-electron chi connectivity index (χ2n) is 5.11. The summed E-state index contributed by atoms with van der Waals surface area (Å²) in [5.74, 6) is 0.603. The van der Waals surface area contributed by atoms with Crippen molar-refractivity contribution in [3.05, 3.63) is 12.7 Å². The summed E-state index contributed by atoms with van der Waals surface area (Å²) in [7, 11) is 0. The highest BCUT2D eigenvalue weighted by Gasteiger charge is 2.67. The molecule has 1 aliphatic carbocycles. The Morgan fingerprint density at radius 2 is 2.21 bits per heavy atom. The summed E-state index contributed by atoms with van der Waals surface area (Å²) in [5.41, 5.74) is 0.240. The number of hydrogen-bond donors (Lipinski definition) is 0. The van der Waals surface area contributed by atoms with Crippen molar-refractivity contribution in [3.63, 3.8) is 0 Å². The summed E-state index contributed by atoms with van der Waals surface area (Å²) in [6.45, 7) is 7.00. The maximum absolute atomic E-state index is 5.77. The molecule has 0 amide bonds. The van der Waals surface area contributed by atoms with Crippen molar-refractivity contribution in [2.75, 3.05) is 6.61 Å². The highest BCUT2D eigenvalue weighted by atomic mass is 16.6. The first kappa shape index (κ1) is 8.93. The quantitative estimate of drug-likeness (QED) is 0.497. The molecule has 4 atom stereocenters. The van der Waals surface area contributed by atoms with Crippen LogP contribution in [-0.2, 0) is 9.47 Å². The fourth-order valence-corrected chi connectivity index (χ4v) is 3.26. The van der Waals surface area contributed by atoms with Gasteiger partial charge < -0.3 is 9.47 Å². The lowest BCUT2D eigenvalue weighted by atomic mass is 9.71. The molecule has 3 aliphatic rings. The Morgan fingerprint density at radius 3 is 2.79 bits per heavy atom. The van der Waals surface area contributed by atoms with Crippen LogP contribution in [-0.4, -0.2) is 23.9 Å². The molecule has 0 aromatic carbocycles. The van der Waals surface area contributed by atoms with E-state index in [1.807, 2.05) is 6.08 Å². The molecular formula is C12H18O2. The zero-order valence-corrected chi connectivity index (χ0v) is 8.79. The summed E-state index contributed by atoms with van der Waals surface area (Å²) in [6, 6.07) is 0. The Labute approximate surface area is 85.3 Å². The Balaban J connectivity index is 1.80. The molecule has 2 heterocycles. The van der Waals surface area contributed by atoms with Crippen LogP contribution in [0.25, 0.3) is 0 Å². The minimum atomic E-state index is 0.0403. The predicted octanol–water partition coefficient (Wildman–Crippen LogP) is 2.29. The third kappa shape index (κ3) is 1.04. The van der Waals surface area contributed by atoms with Crippen LogP contribution < -0.4 is 0 Å². The van der Waals surface area contributed by atoms with E-state index in [0.29, 0.717) is 5.92 Å². The van der Waals surface area contributed by atoms with E-state index in [1.165, 1.54) is 25.7 Å². The molecule has 2 nitrogen and oxygen atoms in total. The van der Waals surface area contributed by atoms with Gasteiger partial charge in [-0.25, -0.2) is 0 Å². The zero-order chi connectivity index (χ0) is 9.81. The molecule has 0 aromatic rings. The average molecular weight is 194 g/mol. The Morgan fingerprint density at radius 1 is 1.43 bits per heavy atom. The topological polar surface area (TPSA) is 25.1 Å². The first-order valence-electron chi connectivity index (χ1n) is 5.66. The SMILES string of the molecule is C=CC1O[C@@]1(C)C1CCCC[C@]12CO2. The van der Waals surface area contributed by atoms with Crippen LogP contribution in [0.5, 0.6) is 0 Å². The molecule has 2 aliphatic heterocycles. The lowest BCUT2D eigenvalue weighted by Gasteiger charge is -2.32. The number of epoxide rings is 2. The molecule has 3 fully saturated rings. The van der Waals surface area contributed by atoms with Gasteiger partial charge in [-0.3, -0.25) is 0 Å². The number of hydrogen-bond acceptors (Lipinski definition) is 2. The van der Waals surface area contributed by atoms with Crippen molar-refractivity contribution < 1.29 is 9.47 Å². The maximum atomic E-state index is 5.77. The van der Waals surface area contributed by atoms with Crippen LogP contribution in [0.3, 0.4) is 0 Å². The molecule has 0 aromatic heterocycles. The summed E-state index contributed by atoms with van der Waals surface area (Å²) in [5, 5.41) is 0. The third-order valence-corrected chi connectivity index (χ3v) is 4.29. The standard InChI is InChI=1S/C12H18O2/c1-3-10-11(2,14-10)9-6-4-5-7-12(9)8-13-12/h3,9-10H,1,4-8H2,2H3/t9?,10?,11-,12-/m0/s1. The molecule has 2 saturated heterocycles. The van der Waals surface area contributed by atoms with E-state index in [0.717, 1.165) is 6.61 Å². The van der Waals surface area contributed by atoms with E-state index in [1.54, 1.807) is 0 Å². The van der Waals surface area contributed by atoms with Gasteiger partial charge in [0.15, 0.2) is 0 Å². The molecule has 0 bridgehead atoms. The van der Waals surface area contributed by atoms with Gasteiger partial charge in [0.2, 0.25) is 0 Å². The minimum absolute atomic E-state index is 0.0403. The van der Waals surface area contributed by atoms with Gasteiger partial charge in [0.05, 0.1) is 12.2 Å². The van der Waals surface area contributed by atoms with Crippen molar-refractivity contribution in [1.29, 1.82) is 0 Å². The molecule has 14 heavy (non-hydrogen) atoms. The smallest absolute Gasteiger partial charge is 0.105 e. The third-order valence-electron chi connectivity index (χ3n) is 4.29. The fourth-order valence-electron chi connectivity index (χ4n) is 3.26. The lowest BCUT2D eigenvalue weighted by molar-refractivity contribution is 0.0886. The maximum Gasteiger partial charge on any atom is 0.105 e. The van der Waals surface area contributed by atoms with E-state index in [-0.39, 0.29) is 17.3 Å². The van der Waals surface area contributed by atoms with E-state index in [2.05, 4.69) is 13.5 Å². The van der Waals surface area contributed by atoms with E-state index < -0.39 is 0 Å². The van der Waals surface area contributed by atoms with Crippen molar-refractivity contribution in [2.45, 2.75) is 49.9 Å². The van der Waals surface area contributed by atoms with Crippen molar-refractivity contribution in [3.8, 4) is 0 Å². The van der Waals surface area contributed by atoms with E-state index in [4.69, 9.17) is 9.47 Å². The molecule has 2 unspecified atom stereocenters. The largest absolute Gasteiger partial charge is 0.369 e. The van der Waals surface area contributed by atoms with Crippen LogP contribution >= 0.6 is 0 Å². The van der Waals surface area contributed by atoms with Gasteiger partial charge in [-0.1, -0.05) is 18.9 Å². The first-order valence-corrected chi connectivity index (χ1v) is 5.66. The monoisotopic (exact) mass is 194 g/mol. The van der Waals surface area contributed by atoms with Gasteiger partial charge in [0.1, 0.15) is 11.7 Å². The lowest BCUT2D eigenvalue weighted by Crippen LogP contribution is -2.39. The molecular weight excluding hydrogens is 176 g/mol. The van der Waals surface area contributed by atoms with Crippen LogP contribution in [0, 0.1) is 5.92 Å². The molecule has 1 spiro atoms. The Hall–Kier alpha value is -0.340. The van der Waals surface area contributed by atoms with Crippen molar-refractivity contribution >= 4 is 0 Å². The Bertz CT molecular complexity index is 269. The number of rotatable bonds is 2. The number of ether oxygens (including phenoxy) is 2. The summed E-state index contributed by atoms with van der Waals surface area (Å²) in [4.78, 5) is 0. The highest BCUT2D eigenvalue weighted by Crippen LogP contribution is 2.58. The highest BCUT2D eigenvalue weighted by molar-refractivity contribution is 5.19. The zero-order valence-electron chi connectivity index (χ0n) is 8.79. The molecule has 2 heteroatoms. The summed E-state index contributed by atoms with van der Waals surface area (Å²) in [6.07, 6.45) is 7.36. The molecule has 78 valence electrons. The van der Waals surface area contributed by atoms with Crippen molar-refractivity contribution in [1.82, 2.24) is 0 Å². The Kier molecular flexibility index (Phi) is 1.67. The van der Waals surface area contributed by atoms with Crippen LogP contribution in [0.4, 0.5) is 0 Å². The normalized spacial score (nSPS) is 55.8. The first-order chi connectivity index (χ1) is 6.71. The molecule has 0 N–H and O–H groups in total. The van der Waals surface area contributed by atoms with Gasteiger partial charge in [0.25, 0.3) is 0 Å². The molecule has 0 radical (unpaired) electrons. The van der Waals surface area contributed by atoms with Crippen LogP contribution in [0.2, 0.25) is 0 Å². The fraction of sp³-hybridized carbons (Fsp3) is 0.833.